The van der Waals surface area contributed by atoms with Crippen LogP contribution in [0.4, 0.5) is 0 Å². The predicted molar refractivity (Wildman–Crippen MR) is 79.8 cm³/mol. The van der Waals surface area contributed by atoms with Crippen molar-refractivity contribution in [3.05, 3.63) is 47.0 Å². The van der Waals surface area contributed by atoms with E-state index in [-0.39, 0.29) is 0 Å². The van der Waals surface area contributed by atoms with Crippen molar-refractivity contribution in [1.82, 2.24) is 0 Å². The molecule has 0 unspecified atom stereocenters. The lowest BCUT2D eigenvalue weighted by Crippen LogP contribution is -2.04. The fraction of sp³-hybridized carbons (Fsp3) is 0.438. The third-order valence-electron chi connectivity index (χ3n) is 3.11. The van der Waals surface area contributed by atoms with Crippen LogP contribution in [0.5, 0.6) is 0 Å². The molecule has 0 amide bonds. The van der Waals surface area contributed by atoms with E-state index < -0.39 is 9.84 Å². The molecule has 0 saturated heterocycles. The molecule has 0 aromatic heterocycles. The SMILES string of the molecule is C=C=C(CCCCCC)S(=O)(=O)c1ccc(C)cc1. The molecule has 0 aliphatic heterocycles. The average Bonchev–Trinajstić information content (AvgIpc) is 2.39. The quantitative estimate of drug-likeness (QED) is 0.547. The minimum atomic E-state index is -3.41. The average molecular weight is 278 g/mol. The fourth-order valence-corrected chi connectivity index (χ4v) is 3.27. The molecule has 1 rings (SSSR count). The highest BCUT2D eigenvalue weighted by atomic mass is 32.2. The van der Waals surface area contributed by atoms with Gasteiger partial charge in [0.15, 0.2) is 0 Å². The van der Waals surface area contributed by atoms with Crippen molar-refractivity contribution < 1.29 is 8.42 Å². The second-order valence-corrected chi connectivity index (χ2v) is 6.70. The molecule has 104 valence electrons. The van der Waals surface area contributed by atoms with Gasteiger partial charge in [-0.15, -0.1) is 5.73 Å². The van der Waals surface area contributed by atoms with Gasteiger partial charge in [-0.25, -0.2) is 8.42 Å². The van der Waals surface area contributed by atoms with E-state index in [0.29, 0.717) is 16.2 Å². The van der Waals surface area contributed by atoms with Crippen molar-refractivity contribution in [3.63, 3.8) is 0 Å². The van der Waals surface area contributed by atoms with Gasteiger partial charge in [0.2, 0.25) is 9.84 Å². The highest BCUT2D eigenvalue weighted by Crippen LogP contribution is 2.23. The first-order chi connectivity index (χ1) is 9.02. The van der Waals surface area contributed by atoms with E-state index in [9.17, 15) is 8.42 Å². The maximum absolute atomic E-state index is 12.4. The molecule has 0 atom stereocenters. The van der Waals surface area contributed by atoms with Gasteiger partial charge in [0.25, 0.3) is 0 Å². The standard InChI is InChI=1S/C16H22O2S/c1-4-6-7-8-9-15(5-2)19(17,18)16-12-10-14(3)11-13-16/h10-13H,2,4,6-9H2,1,3H3. The zero-order valence-electron chi connectivity index (χ0n) is 11.8. The van der Waals surface area contributed by atoms with E-state index >= 15 is 0 Å². The van der Waals surface area contributed by atoms with Crippen molar-refractivity contribution in [2.45, 2.75) is 50.8 Å². The highest BCUT2D eigenvalue weighted by Gasteiger charge is 2.19. The van der Waals surface area contributed by atoms with Crippen molar-refractivity contribution >= 4 is 9.84 Å². The van der Waals surface area contributed by atoms with Crippen molar-refractivity contribution in [2.75, 3.05) is 0 Å². The molecule has 1 aromatic carbocycles. The zero-order valence-corrected chi connectivity index (χ0v) is 12.6. The zero-order chi connectivity index (χ0) is 14.3. The lowest BCUT2D eigenvalue weighted by molar-refractivity contribution is 0.596. The van der Waals surface area contributed by atoms with Crippen LogP contribution >= 0.6 is 0 Å². The maximum atomic E-state index is 12.4. The van der Waals surface area contributed by atoms with Crippen LogP contribution in [0.2, 0.25) is 0 Å². The van der Waals surface area contributed by atoms with E-state index in [1.54, 1.807) is 12.1 Å². The molecular weight excluding hydrogens is 256 g/mol. The van der Waals surface area contributed by atoms with E-state index in [1.807, 2.05) is 19.1 Å². The Labute approximate surface area is 116 Å². The van der Waals surface area contributed by atoms with Gasteiger partial charge in [0.05, 0.1) is 9.80 Å². The van der Waals surface area contributed by atoms with Crippen LogP contribution < -0.4 is 0 Å². The van der Waals surface area contributed by atoms with E-state index in [0.717, 1.165) is 31.2 Å². The van der Waals surface area contributed by atoms with E-state index in [4.69, 9.17) is 0 Å². The minimum Gasteiger partial charge on any atom is -0.218 e. The molecule has 0 saturated carbocycles. The molecule has 3 heteroatoms. The second-order valence-electron chi connectivity index (χ2n) is 4.73. The molecule has 0 aliphatic carbocycles. The van der Waals surface area contributed by atoms with Gasteiger partial charge < -0.3 is 0 Å². The molecule has 2 nitrogen and oxygen atoms in total. The summed E-state index contributed by atoms with van der Waals surface area (Å²) in [6.07, 6.45) is 4.72. The van der Waals surface area contributed by atoms with Crippen LogP contribution in [0.3, 0.4) is 0 Å². The first-order valence-corrected chi connectivity index (χ1v) is 8.21. The largest absolute Gasteiger partial charge is 0.218 e. The maximum Gasteiger partial charge on any atom is 0.209 e. The number of rotatable bonds is 7. The number of unbranched alkanes of at least 4 members (excludes halogenated alkanes) is 3. The molecule has 0 aliphatic rings. The summed E-state index contributed by atoms with van der Waals surface area (Å²) in [6.45, 7) is 7.60. The Morgan fingerprint density at radius 1 is 1.16 bits per heavy atom. The van der Waals surface area contributed by atoms with Gasteiger partial charge in [-0.1, -0.05) is 50.5 Å². The number of benzene rings is 1. The third-order valence-corrected chi connectivity index (χ3v) is 5.00. The highest BCUT2D eigenvalue weighted by molar-refractivity contribution is 7.95. The van der Waals surface area contributed by atoms with Crippen molar-refractivity contribution in [2.24, 2.45) is 0 Å². The molecule has 19 heavy (non-hydrogen) atoms. The summed E-state index contributed by atoms with van der Waals surface area (Å²) in [4.78, 5) is 0.646. The van der Waals surface area contributed by atoms with Gasteiger partial charge in [0, 0.05) is 0 Å². The molecule has 0 radical (unpaired) electrons. The smallest absolute Gasteiger partial charge is 0.209 e. The van der Waals surface area contributed by atoms with Gasteiger partial charge in [-0.3, -0.25) is 0 Å². The van der Waals surface area contributed by atoms with E-state index in [2.05, 4.69) is 19.2 Å². The van der Waals surface area contributed by atoms with Crippen LogP contribution in [0.1, 0.15) is 44.6 Å². The molecule has 1 aromatic rings. The Balaban J connectivity index is 2.85. The van der Waals surface area contributed by atoms with Crippen molar-refractivity contribution in [3.8, 4) is 0 Å². The topological polar surface area (TPSA) is 34.1 Å². The number of allylic oxidation sites excluding steroid dienone is 1. The summed E-state index contributed by atoms with van der Waals surface area (Å²) in [7, 11) is -3.41. The predicted octanol–water partition coefficient (Wildman–Crippen LogP) is 4.41. The third kappa shape index (κ3) is 4.38. The Morgan fingerprint density at radius 3 is 2.32 bits per heavy atom. The molecule has 0 spiro atoms. The summed E-state index contributed by atoms with van der Waals surface area (Å²) in [5.74, 6) is 0. The Morgan fingerprint density at radius 2 is 1.79 bits per heavy atom. The minimum absolute atomic E-state index is 0.312. The fourth-order valence-electron chi connectivity index (χ4n) is 1.89. The van der Waals surface area contributed by atoms with Crippen molar-refractivity contribution in [1.29, 1.82) is 0 Å². The lowest BCUT2D eigenvalue weighted by atomic mass is 10.1. The lowest BCUT2D eigenvalue weighted by Gasteiger charge is -2.07. The van der Waals surface area contributed by atoms with Crippen LogP contribution in [0.25, 0.3) is 0 Å². The van der Waals surface area contributed by atoms with Gasteiger partial charge in [0.1, 0.15) is 0 Å². The Kier molecular flexibility index (Phi) is 6.07. The number of hydrogen-bond acceptors (Lipinski definition) is 2. The van der Waals surface area contributed by atoms with Gasteiger partial charge in [-0.05, 0) is 31.9 Å². The molecule has 0 bridgehead atoms. The summed E-state index contributed by atoms with van der Waals surface area (Å²) < 4.78 is 24.8. The number of hydrogen-bond donors (Lipinski definition) is 0. The van der Waals surface area contributed by atoms with E-state index in [1.165, 1.54) is 0 Å². The van der Waals surface area contributed by atoms with Gasteiger partial charge >= 0.3 is 0 Å². The number of aryl methyl sites for hydroxylation is 1. The van der Waals surface area contributed by atoms with Crippen LogP contribution in [0, 0.1) is 6.92 Å². The Hall–Kier alpha value is -1.31. The molecular formula is C16H22O2S. The number of sulfone groups is 1. The second kappa shape index (κ2) is 7.32. The van der Waals surface area contributed by atoms with Gasteiger partial charge in [-0.2, -0.15) is 0 Å². The van der Waals surface area contributed by atoms with Crippen LogP contribution in [-0.4, -0.2) is 8.42 Å². The molecule has 0 N–H and O–H groups in total. The summed E-state index contributed by atoms with van der Waals surface area (Å²) in [5, 5.41) is 0. The first-order valence-electron chi connectivity index (χ1n) is 6.73. The Bertz CT molecular complexity index is 547. The summed E-state index contributed by atoms with van der Waals surface area (Å²) >= 11 is 0. The summed E-state index contributed by atoms with van der Waals surface area (Å²) in [5.41, 5.74) is 3.66. The first kappa shape index (κ1) is 15.7. The normalized spacial score (nSPS) is 11.1. The van der Waals surface area contributed by atoms with Crippen LogP contribution in [0.15, 0.2) is 46.4 Å². The monoisotopic (exact) mass is 278 g/mol. The molecule has 0 fully saturated rings. The molecule has 0 heterocycles. The van der Waals surface area contributed by atoms with Crippen LogP contribution in [-0.2, 0) is 9.84 Å². The summed E-state index contributed by atoms with van der Waals surface area (Å²) in [6, 6.07) is 6.91.